The quantitative estimate of drug-likeness (QED) is 0.504. The molecule has 1 aromatic rings. The minimum Gasteiger partial charge on any atom is -0.493 e. The maximum atomic E-state index is 10.0. The van der Waals surface area contributed by atoms with Crippen molar-refractivity contribution in [3.63, 3.8) is 0 Å². The van der Waals surface area contributed by atoms with Gasteiger partial charge in [0.05, 0.1) is 12.7 Å². The topological polar surface area (TPSA) is 62.4 Å². The summed E-state index contributed by atoms with van der Waals surface area (Å²) in [7, 11) is 1.42. The Kier molecular flexibility index (Phi) is 2.80. The summed E-state index contributed by atoms with van der Waals surface area (Å²) in [6.45, 7) is 0. The van der Waals surface area contributed by atoms with Crippen molar-refractivity contribution in [1.29, 1.82) is 5.26 Å². The lowest BCUT2D eigenvalue weighted by molar-refractivity contribution is 0.415. The van der Waals surface area contributed by atoms with Crippen LogP contribution in [0.4, 0.5) is 5.69 Å². The summed E-state index contributed by atoms with van der Waals surface area (Å²) in [5, 5.41) is 8.67. The van der Waals surface area contributed by atoms with E-state index in [0.717, 1.165) is 0 Å². The number of hydrogen-bond acceptors (Lipinski definition) is 4. The van der Waals surface area contributed by atoms with E-state index < -0.39 is 0 Å². The summed E-state index contributed by atoms with van der Waals surface area (Å²) < 4.78 is 4.92. The molecule has 0 aromatic heterocycles. The van der Waals surface area contributed by atoms with Crippen LogP contribution in [-0.2, 0) is 4.79 Å². The fourth-order valence-electron chi connectivity index (χ4n) is 0.965. The van der Waals surface area contributed by atoms with Gasteiger partial charge in [-0.3, -0.25) is 0 Å². The Morgan fingerprint density at radius 1 is 1.54 bits per heavy atom. The molecule has 4 heteroatoms. The fourth-order valence-corrected chi connectivity index (χ4v) is 0.965. The first-order valence-corrected chi connectivity index (χ1v) is 3.48. The van der Waals surface area contributed by atoms with Crippen molar-refractivity contribution in [3.05, 3.63) is 23.8 Å². The van der Waals surface area contributed by atoms with Gasteiger partial charge in [-0.2, -0.15) is 10.3 Å². The summed E-state index contributed by atoms with van der Waals surface area (Å²) in [6.07, 6.45) is 1.40. The number of nitrogens with zero attached hydrogens (tertiary/aromatic N) is 2. The van der Waals surface area contributed by atoms with Gasteiger partial charge in [0.2, 0.25) is 6.08 Å². The molecule has 4 nitrogen and oxygen atoms in total. The third kappa shape index (κ3) is 1.73. The number of methoxy groups -OCH3 is 1. The number of nitriles is 1. The Morgan fingerprint density at radius 2 is 2.31 bits per heavy atom. The second-order valence-electron chi connectivity index (χ2n) is 2.17. The van der Waals surface area contributed by atoms with Gasteiger partial charge in [-0.15, -0.1) is 0 Å². The van der Waals surface area contributed by atoms with Crippen LogP contribution < -0.4 is 4.74 Å². The molecule has 1 aromatic carbocycles. The van der Waals surface area contributed by atoms with Crippen LogP contribution in [0.15, 0.2) is 23.2 Å². The van der Waals surface area contributed by atoms with E-state index in [1.54, 1.807) is 18.2 Å². The number of ether oxygens (including phenoxy) is 1. The number of aliphatic imine (C=N–C) groups is 1. The number of rotatable bonds is 2. The van der Waals surface area contributed by atoms with Gasteiger partial charge in [0.1, 0.15) is 11.8 Å². The number of hydrogen-bond donors (Lipinski definition) is 0. The van der Waals surface area contributed by atoms with E-state index in [2.05, 4.69) is 4.99 Å². The third-order valence-corrected chi connectivity index (χ3v) is 1.48. The second-order valence-corrected chi connectivity index (χ2v) is 2.17. The molecule has 0 N–H and O–H groups in total. The summed E-state index contributed by atoms with van der Waals surface area (Å²) in [5.74, 6) is 0.299. The summed E-state index contributed by atoms with van der Waals surface area (Å²) in [6, 6.07) is 6.71. The number of benzene rings is 1. The fraction of sp³-hybridized carbons (Fsp3) is 0.111. The molecule has 64 valence electrons. The van der Waals surface area contributed by atoms with Crippen LogP contribution in [0, 0.1) is 11.3 Å². The Morgan fingerprint density at radius 3 is 2.85 bits per heavy atom. The molecule has 0 aliphatic heterocycles. The molecular weight excluding hydrogens is 168 g/mol. The van der Waals surface area contributed by atoms with Gasteiger partial charge >= 0.3 is 0 Å². The zero-order valence-corrected chi connectivity index (χ0v) is 6.94. The van der Waals surface area contributed by atoms with Gasteiger partial charge < -0.3 is 4.74 Å². The smallest absolute Gasteiger partial charge is 0.240 e. The van der Waals surface area contributed by atoms with E-state index >= 15 is 0 Å². The summed E-state index contributed by atoms with van der Waals surface area (Å²) in [4.78, 5) is 13.4. The molecule has 0 atom stereocenters. The van der Waals surface area contributed by atoms with Gasteiger partial charge in [-0.25, -0.2) is 4.79 Å². The van der Waals surface area contributed by atoms with Crippen LogP contribution in [0.3, 0.4) is 0 Å². The zero-order chi connectivity index (χ0) is 9.68. The lowest BCUT2D eigenvalue weighted by Crippen LogP contribution is -1.87. The van der Waals surface area contributed by atoms with Crippen LogP contribution in [-0.4, -0.2) is 13.2 Å². The molecule has 1 rings (SSSR count). The average Bonchev–Trinajstić information content (AvgIpc) is 2.18. The molecule has 0 radical (unpaired) electrons. The highest BCUT2D eigenvalue weighted by Crippen LogP contribution is 2.29. The third-order valence-electron chi connectivity index (χ3n) is 1.48. The predicted molar refractivity (Wildman–Crippen MR) is 45.5 cm³/mol. The lowest BCUT2D eigenvalue weighted by atomic mass is 10.2. The monoisotopic (exact) mass is 174 g/mol. The average molecular weight is 174 g/mol. The first kappa shape index (κ1) is 8.98. The Balaban J connectivity index is 3.37. The van der Waals surface area contributed by atoms with E-state index in [1.165, 1.54) is 13.2 Å². The minimum absolute atomic E-state index is 0.299. The van der Waals surface area contributed by atoms with Crippen molar-refractivity contribution in [1.82, 2.24) is 0 Å². The first-order valence-electron chi connectivity index (χ1n) is 3.48. The first-order chi connectivity index (χ1) is 6.33. The van der Waals surface area contributed by atoms with E-state index in [9.17, 15) is 4.79 Å². The number of carbonyl (C=O) groups excluding carboxylic acids is 1. The molecule has 0 aliphatic rings. The Hall–Kier alpha value is -2.11. The molecule has 0 saturated carbocycles. The van der Waals surface area contributed by atoms with Crippen LogP contribution in [0.5, 0.6) is 5.75 Å². The van der Waals surface area contributed by atoms with Gasteiger partial charge in [0.25, 0.3) is 0 Å². The van der Waals surface area contributed by atoms with Gasteiger partial charge in [0.15, 0.2) is 5.75 Å². The molecule has 0 saturated heterocycles. The number of isocyanates is 1. The summed E-state index contributed by atoms with van der Waals surface area (Å²) in [5.41, 5.74) is 0.663. The van der Waals surface area contributed by atoms with E-state index in [4.69, 9.17) is 10.00 Å². The van der Waals surface area contributed by atoms with Crippen LogP contribution in [0.1, 0.15) is 5.56 Å². The molecule has 0 bridgehead atoms. The van der Waals surface area contributed by atoms with Crippen molar-refractivity contribution in [2.75, 3.05) is 7.11 Å². The van der Waals surface area contributed by atoms with Gasteiger partial charge in [-0.05, 0) is 12.1 Å². The number of para-hydroxylation sites is 1. The maximum Gasteiger partial charge on any atom is 0.240 e. The van der Waals surface area contributed by atoms with Crippen LogP contribution >= 0.6 is 0 Å². The molecule has 0 spiro atoms. The van der Waals surface area contributed by atoms with Crippen molar-refractivity contribution in [3.8, 4) is 11.8 Å². The lowest BCUT2D eigenvalue weighted by Gasteiger charge is -2.03. The SMILES string of the molecule is COc1c(C#N)cccc1N=C=O. The van der Waals surface area contributed by atoms with E-state index in [0.29, 0.717) is 17.0 Å². The van der Waals surface area contributed by atoms with Gasteiger partial charge in [0, 0.05) is 0 Å². The highest BCUT2D eigenvalue weighted by atomic mass is 16.5. The standard InChI is InChI=1S/C9H6N2O2/c1-13-9-7(5-10)3-2-4-8(9)11-6-12/h2-4H,1H3. The molecule has 13 heavy (non-hydrogen) atoms. The summed E-state index contributed by atoms with van der Waals surface area (Å²) >= 11 is 0. The Labute approximate surface area is 75.1 Å². The highest BCUT2D eigenvalue weighted by Gasteiger charge is 2.06. The molecule has 0 fully saturated rings. The molecular formula is C9H6N2O2. The van der Waals surface area contributed by atoms with Crippen molar-refractivity contribution in [2.24, 2.45) is 4.99 Å². The highest BCUT2D eigenvalue weighted by molar-refractivity contribution is 5.63. The van der Waals surface area contributed by atoms with Crippen molar-refractivity contribution >= 4 is 11.8 Å². The zero-order valence-electron chi connectivity index (χ0n) is 6.94. The van der Waals surface area contributed by atoms with E-state index in [1.807, 2.05) is 6.07 Å². The van der Waals surface area contributed by atoms with Crippen LogP contribution in [0.2, 0.25) is 0 Å². The van der Waals surface area contributed by atoms with Gasteiger partial charge in [-0.1, -0.05) is 6.07 Å². The molecule has 0 heterocycles. The van der Waals surface area contributed by atoms with Crippen molar-refractivity contribution in [2.45, 2.75) is 0 Å². The predicted octanol–water partition coefficient (Wildman–Crippen LogP) is 1.53. The molecule has 0 aliphatic carbocycles. The second kappa shape index (κ2) is 4.05. The maximum absolute atomic E-state index is 10.0. The van der Waals surface area contributed by atoms with E-state index in [-0.39, 0.29) is 0 Å². The molecule has 0 unspecified atom stereocenters. The van der Waals surface area contributed by atoms with Crippen LogP contribution in [0.25, 0.3) is 0 Å². The molecule has 0 amide bonds. The minimum atomic E-state index is 0.299. The Bertz CT molecular complexity index is 401. The normalized spacial score (nSPS) is 8.31. The van der Waals surface area contributed by atoms with Crippen molar-refractivity contribution < 1.29 is 9.53 Å². The largest absolute Gasteiger partial charge is 0.493 e.